The Kier molecular flexibility index (Phi) is 6.96. The maximum absolute atomic E-state index is 13.3. The maximum atomic E-state index is 13.3. The van der Waals surface area contributed by atoms with Gasteiger partial charge in [0.1, 0.15) is 0 Å². The summed E-state index contributed by atoms with van der Waals surface area (Å²) in [6.07, 6.45) is 1.83. The molecule has 0 bridgehead atoms. The number of methoxy groups -OCH3 is 1. The fourth-order valence-electron chi connectivity index (χ4n) is 2.73. The molecular weight excluding hydrogens is 314 g/mol. The van der Waals surface area contributed by atoms with Gasteiger partial charge in [-0.25, -0.2) is 0 Å². The van der Waals surface area contributed by atoms with Crippen molar-refractivity contribution in [2.24, 2.45) is 0 Å². The normalized spacial score (nSPS) is 10.3. The zero-order valence-electron chi connectivity index (χ0n) is 14.4. The first-order valence-corrected chi connectivity index (χ1v) is 8.23. The van der Waals surface area contributed by atoms with Crippen LogP contribution in [0.25, 0.3) is 0 Å². The average molecular weight is 337 g/mol. The second-order valence-electron chi connectivity index (χ2n) is 5.65. The number of esters is 1. The quantitative estimate of drug-likeness (QED) is 0.548. The molecule has 0 aliphatic rings. The van der Waals surface area contributed by atoms with Crippen molar-refractivity contribution >= 4 is 11.9 Å². The summed E-state index contributed by atoms with van der Waals surface area (Å²) in [5.41, 5.74) is 1.84. The van der Waals surface area contributed by atoms with Crippen LogP contribution in [0, 0.1) is 0 Å². The topological polar surface area (TPSA) is 46.6 Å². The number of hydrogen-bond donors (Lipinski definition) is 0. The van der Waals surface area contributed by atoms with E-state index >= 15 is 0 Å². The molecule has 0 saturated heterocycles. The molecule has 0 aliphatic heterocycles. The second kappa shape index (κ2) is 9.42. The molecule has 0 radical (unpaired) electrons. The summed E-state index contributed by atoms with van der Waals surface area (Å²) in [6.45, 7) is 4.41. The minimum atomic E-state index is -0.417. The largest absolute Gasteiger partial charge is 0.469 e. The van der Waals surface area contributed by atoms with E-state index in [1.165, 1.54) is 7.11 Å². The van der Waals surface area contributed by atoms with E-state index < -0.39 is 5.92 Å². The lowest BCUT2D eigenvalue weighted by Crippen LogP contribution is -2.37. The Balaban J connectivity index is 2.32. The van der Waals surface area contributed by atoms with Crippen molar-refractivity contribution < 1.29 is 14.3 Å². The van der Waals surface area contributed by atoms with Gasteiger partial charge in [0.15, 0.2) is 0 Å². The zero-order valence-corrected chi connectivity index (χ0v) is 14.4. The Hall–Kier alpha value is -2.88. The molecule has 4 nitrogen and oxygen atoms in total. The summed E-state index contributed by atoms with van der Waals surface area (Å²) in [7, 11) is 1.35. The number of benzene rings is 2. The van der Waals surface area contributed by atoms with Crippen LogP contribution in [0.1, 0.15) is 23.5 Å². The molecule has 0 N–H and O–H groups in total. The van der Waals surface area contributed by atoms with Crippen molar-refractivity contribution in [1.82, 2.24) is 4.90 Å². The van der Waals surface area contributed by atoms with E-state index in [-0.39, 0.29) is 18.3 Å². The third-order valence-electron chi connectivity index (χ3n) is 3.99. The summed E-state index contributed by atoms with van der Waals surface area (Å²) in [5.74, 6) is -0.806. The molecule has 0 aliphatic carbocycles. The van der Waals surface area contributed by atoms with E-state index in [9.17, 15) is 9.59 Å². The van der Waals surface area contributed by atoms with Crippen molar-refractivity contribution in [1.29, 1.82) is 0 Å². The van der Waals surface area contributed by atoms with Crippen molar-refractivity contribution in [3.63, 3.8) is 0 Å². The van der Waals surface area contributed by atoms with E-state index in [0.717, 1.165) is 11.1 Å². The number of carbonyl (C=O) groups excluding carboxylic acids is 2. The fourth-order valence-corrected chi connectivity index (χ4v) is 2.73. The second-order valence-corrected chi connectivity index (χ2v) is 5.65. The Morgan fingerprint density at radius 1 is 1.04 bits per heavy atom. The Labute approximate surface area is 148 Å². The third kappa shape index (κ3) is 5.05. The molecular formula is C21H23NO3. The van der Waals surface area contributed by atoms with Gasteiger partial charge in [0, 0.05) is 13.1 Å². The minimum Gasteiger partial charge on any atom is -0.469 e. The van der Waals surface area contributed by atoms with Crippen LogP contribution >= 0.6 is 0 Å². The highest BCUT2D eigenvalue weighted by atomic mass is 16.5. The fraction of sp³-hybridized carbons (Fsp3) is 0.238. The average Bonchev–Trinajstić information content (AvgIpc) is 2.66. The van der Waals surface area contributed by atoms with Crippen LogP contribution in [0.15, 0.2) is 73.3 Å². The minimum absolute atomic E-state index is 0.0544. The smallest absolute Gasteiger partial charge is 0.307 e. The molecule has 0 unspecified atom stereocenters. The van der Waals surface area contributed by atoms with Crippen molar-refractivity contribution in [2.75, 3.05) is 20.2 Å². The van der Waals surface area contributed by atoms with Gasteiger partial charge >= 0.3 is 5.97 Å². The van der Waals surface area contributed by atoms with Crippen LogP contribution in [0.3, 0.4) is 0 Å². The van der Waals surface area contributed by atoms with Crippen molar-refractivity contribution in [2.45, 2.75) is 12.3 Å². The molecule has 25 heavy (non-hydrogen) atoms. The summed E-state index contributed by atoms with van der Waals surface area (Å²) >= 11 is 0. The van der Waals surface area contributed by atoms with Gasteiger partial charge in [-0.1, -0.05) is 66.7 Å². The summed E-state index contributed by atoms with van der Waals surface area (Å²) in [4.78, 5) is 26.4. The molecule has 0 fully saturated rings. The zero-order chi connectivity index (χ0) is 18.1. The van der Waals surface area contributed by atoms with Gasteiger partial charge in [-0.3, -0.25) is 9.59 Å². The van der Waals surface area contributed by atoms with Crippen LogP contribution < -0.4 is 0 Å². The lowest BCUT2D eigenvalue weighted by atomic mass is 9.90. The lowest BCUT2D eigenvalue weighted by Gasteiger charge is -2.27. The maximum Gasteiger partial charge on any atom is 0.307 e. The van der Waals surface area contributed by atoms with Gasteiger partial charge in [-0.2, -0.15) is 0 Å². The first-order chi connectivity index (χ1) is 12.2. The molecule has 0 saturated carbocycles. The van der Waals surface area contributed by atoms with Gasteiger partial charge in [0.05, 0.1) is 19.4 Å². The van der Waals surface area contributed by atoms with Crippen LogP contribution in [0.4, 0.5) is 0 Å². The van der Waals surface area contributed by atoms with E-state index in [0.29, 0.717) is 13.1 Å². The van der Waals surface area contributed by atoms with Crippen LogP contribution in [0.5, 0.6) is 0 Å². The number of rotatable bonds is 8. The van der Waals surface area contributed by atoms with Gasteiger partial charge in [0.25, 0.3) is 0 Å². The van der Waals surface area contributed by atoms with E-state index in [2.05, 4.69) is 11.3 Å². The van der Waals surface area contributed by atoms with Gasteiger partial charge in [-0.15, -0.1) is 6.58 Å². The molecule has 2 rings (SSSR count). The number of nitrogens with zero attached hydrogens (tertiary/aromatic N) is 1. The molecule has 0 atom stereocenters. The lowest BCUT2D eigenvalue weighted by molar-refractivity contribution is -0.141. The Bertz CT molecular complexity index is 658. The summed E-state index contributed by atoms with van der Waals surface area (Å²) < 4.78 is 4.69. The monoisotopic (exact) mass is 337 g/mol. The number of carbonyl (C=O) groups is 2. The van der Waals surface area contributed by atoms with E-state index in [1.807, 2.05) is 60.7 Å². The standard InChI is InChI=1S/C21H23NO3/c1-3-15-22(16-14-19(23)25-2)21(24)20(17-10-6-4-7-11-17)18-12-8-5-9-13-18/h3-13,20H,1,14-16H2,2H3. The van der Waals surface area contributed by atoms with E-state index in [4.69, 9.17) is 0 Å². The van der Waals surface area contributed by atoms with Gasteiger partial charge in [0.2, 0.25) is 5.91 Å². The highest BCUT2D eigenvalue weighted by molar-refractivity contribution is 5.87. The highest BCUT2D eigenvalue weighted by Gasteiger charge is 2.27. The van der Waals surface area contributed by atoms with Gasteiger partial charge < -0.3 is 9.64 Å². The number of amides is 1. The van der Waals surface area contributed by atoms with Crippen molar-refractivity contribution in [3.8, 4) is 0 Å². The van der Waals surface area contributed by atoms with Gasteiger partial charge in [-0.05, 0) is 11.1 Å². The first-order valence-electron chi connectivity index (χ1n) is 8.23. The molecule has 1 amide bonds. The number of ether oxygens (including phenoxy) is 1. The van der Waals surface area contributed by atoms with Crippen LogP contribution in [-0.2, 0) is 14.3 Å². The SMILES string of the molecule is C=CCN(CCC(=O)OC)C(=O)C(c1ccccc1)c1ccccc1. The molecule has 2 aromatic carbocycles. The molecule has 4 heteroatoms. The summed E-state index contributed by atoms with van der Waals surface area (Å²) in [5, 5.41) is 0. The molecule has 0 aromatic heterocycles. The molecule has 2 aromatic rings. The molecule has 0 heterocycles. The van der Waals surface area contributed by atoms with E-state index in [1.54, 1.807) is 11.0 Å². The Morgan fingerprint density at radius 2 is 1.56 bits per heavy atom. The highest BCUT2D eigenvalue weighted by Crippen LogP contribution is 2.27. The van der Waals surface area contributed by atoms with Crippen LogP contribution in [-0.4, -0.2) is 37.0 Å². The third-order valence-corrected chi connectivity index (χ3v) is 3.99. The van der Waals surface area contributed by atoms with Crippen molar-refractivity contribution in [3.05, 3.63) is 84.4 Å². The predicted molar refractivity (Wildman–Crippen MR) is 98.1 cm³/mol. The number of hydrogen-bond acceptors (Lipinski definition) is 3. The Morgan fingerprint density at radius 3 is 2.00 bits per heavy atom. The first kappa shape index (κ1) is 18.5. The van der Waals surface area contributed by atoms with Crippen LogP contribution in [0.2, 0.25) is 0 Å². The molecule has 130 valence electrons. The predicted octanol–water partition coefficient (Wildman–Crippen LogP) is 3.40. The summed E-state index contributed by atoms with van der Waals surface area (Å²) in [6, 6.07) is 19.3. The molecule has 0 spiro atoms.